The van der Waals surface area contributed by atoms with Gasteiger partial charge in [0.2, 0.25) is 0 Å². The molecule has 9 nitrogen and oxygen atoms in total. The first-order chi connectivity index (χ1) is 17.6. The quantitative estimate of drug-likeness (QED) is 0.372. The number of rotatable bonds is 6. The molecule has 0 radical (unpaired) electrons. The molecule has 0 spiro atoms. The third-order valence-corrected chi connectivity index (χ3v) is 6.50. The van der Waals surface area contributed by atoms with Crippen LogP contribution in [0.4, 0.5) is 4.39 Å². The number of pyridine rings is 1. The van der Waals surface area contributed by atoms with E-state index < -0.39 is 5.82 Å². The molecule has 5 aromatic rings. The molecule has 0 bridgehead atoms. The van der Waals surface area contributed by atoms with Crippen molar-refractivity contribution in [3.63, 3.8) is 0 Å². The van der Waals surface area contributed by atoms with Crippen molar-refractivity contribution in [3.8, 4) is 16.8 Å². The Morgan fingerprint density at radius 3 is 2.86 bits per heavy atom. The Balaban J connectivity index is 1.21. The summed E-state index contributed by atoms with van der Waals surface area (Å²) in [5, 5.41) is 7.21. The molecule has 4 aromatic heterocycles. The van der Waals surface area contributed by atoms with Crippen LogP contribution in [0, 0.1) is 5.82 Å². The van der Waals surface area contributed by atoms with Crippen LogP contribution in [-0.4, -0.2) is 40.6 Å². The van der Waals surface area contributed by atoms with E-state index in [4.69, 9.17) is 0 Å². The van der Waals surface area contributed by atoms with Crippen molar-refractivity contribution in [3.05, 3.63) is 84.3 Å². The van der Waals surface area contributed by atoms with Gasteiger partial charge >= 0.3 is 0 Å². The van der Waals surface area contributed by atoms with E-state index in [1.165, 1.54) is 31.3 Å². The van der Waals surface area contributed by atoms with Crippen LogP contribution in [-0.2, 0) is 6.54 Å². The standard InChI is InChI=1S/C26H23FN8O/c27-20-9-16(8-18(10-20)19-12-32-35(14-19)21-6-3-7-28-13-21)11-29-26(36)23-22-25(31-15-30-23)34-24(33-22)17-4-1-2-5-17/h3,6-10,12-15,17H,1-2,4-5,11H2,(H,29,36)(H,30,31,33,34). The number of amides is 1. The Morgan fingerprint density at radius 2 is 2.03 bits per heavy atom. The summed E-state index contributed by atoms with van der Waals surface area (Å²) in [6.45, 7) is 0.134. The minimum absolute atomic E-state index is 0.134. The smallest absolute Gasteiger partial charge is 0.272 e. The number of aromatic amines is 1. The van der Waals surface area contributed by atoms with Gasteiger partial charge in [-0.05, 0) is 54.3 Å². The average Bonchev–Trinajstić information content (AvgIpc) is 3.67. The van der Waals surface area contributed by atoms with Gasteiger partial charge in [0.1, 0.15) is 23.5 Å². The molecule has 6 rings (SSSR count). The fourth-order valence-electron chi connectivity index (χ4n) is 4.70. The predicted molar refractivity (Wildman–Crippen MR) is 131 cm³/mol. The van der Waals surface area contributed by atoms with Gasteiger partial charge in [-0.25, -0.2) is 24.0 Å². The second-order valence-electron chi connectivity index (χ2n) is 8.94. The van der Waals surface area contributed by atoms with Gasteiger partial charge in [-0.2, -0.15) is 5.10 Å². The third-order valence-electron chi connectivity index (χ3n) is 6.50. The van der Waals surface area contributed by atoms with Crippen LogP contribution in [0.5, 0.6) is 0 Å². The summed E-state index contributed by atoms with van der Waals surface area (Å²) < 4.78 is 16.1. The highest BCUT2D eigenvalue weighted by Gasteiger charge is 2.23. The van der Waals surface area contributed by atoms with Gasteiger partial charge in [-0.1, -0.05) is 12.8 Å². The summed E-state index contributed by atoms with van der Waals surface area (Å²) in [6.07, 6.45) is 12.7. The summed E-state index contributed by atoms with van der Waals surface area (Å²) >= 11 is 0. The molecule has 1 fully saturated rings. The maximum atomic E-state index is 14.5. The molecule has 0 saturated heterocycles. The Bertz CT molecular complexity index is 1540. The molecule has 1 saturated carbocycles. The van der Waals surface area contributed by atoms with E-state index in [0.29, 0.717) is 28.2 Å². The van der Waals surface area contributed by atoms with Gasteiger partial charge in [-0.15, -0.1) is 0 Å². The molecule has 1 aliphatic carbocycles. The fourth-order valence-corrected chi connectivity index (χ4v) is 4.70. The fraction of sp³-hybridized carbons (Fsp3) is 0.231. The van der Waals surface area contributed by atoms with Gasteiger partial charge in [0, 0.05) is 30.4 Å². The number of halogens is 1. The third kappa shape index (κ3) is 4.33. The van der Waals surface area contributed by atoms with E-state index in [1.54, 1.807) is 23.3 Å². The zero-order chi connectivity index (χ0) is 24.5. The van der Waals surface area contributed by atoms with Crippen LogP contribution >= 0.6 is 0 Å². The molecule has 2 N–H and O–H groups in total. The van der Waals surface area contributed by atoms with Crippen molar-refractivity contribution in [1.29, 1.82) is 0 Å². The predicted octanol–water partition coefficient (Wildman–Crippen LogP) is 4.33. The highest BCUT2D eigenvalue weighted by molar-refractivity contribution is 6.02. The summed E-state index contributed by atoms with van der Waals surface area (Å²) in [5.74, 6) is 0.450. The molecule has 0 aliphatic heterocycles. The maximum absolute atomic E-state index is 14.5. The lowest BCUT2D eigenvalue weighted by molar-refractivity contribution is 0.0947. The van der Waals surface area contributed by atoms with Crippen molar-refractivity contribution in [2.45, 2.75) is 38.1 Å². The van der Waals surface area contributed by atoms with Crippen LogP contribution in [0.25, 0.3) is 28.0 Å². The minimum atomic E-state index is -0.398. The van der Waals surface area contributed by atoms with Crippen LogP contribution in [0.2, 0.25) is 0 Å². The van der Waals surface area contributed by atoms with E-state index in [-0.39, 0.29) is 18.1 Å². The summed E-state index contributed by atoms with van der Waals surface area (Å²) in [6, 6.07) is 8.39. The lowest BCUT2D eigenvalue weighted by atomic mass is 10.1. The molecule has 1 aromatic carbocycles. The van der Waals surface area contributed by atoms with Gasteiger partial charge in [0.25, 0.3) is 5.91 Å². The lowest BCUT2D eigenvalue weighted by Gasteiger charge is -2.08. The molecule has 1 amide bonds. The number of nitrogens with zero attached hydrogens (tertiary/aromatic N) is 6. The molecule has 0 atom stereocenters. The molecule has 1 aliphatic rings. The number of benzene rings is 1. The number of fused-ring (bicyclic) bond motifs is 1. The van der Waals surface area contributed by atoms with Crippen LogP contribution in [0.1, 0.15) is 53.5 Å². The first-order valence-corrected chi connectivity index (χ1v) is 11.9. The zero-order valence-corrected chi connectivity index (χ0v) is 19.4. The second-order valence-corrected chi connectivity index (χ2v) is 8.94. The number of carbonyl (C=O) groups excluding carboxylic acids is 1. The first kappa shape index (κ1) is 22.0. The number of hydrogen-bond acceptors (Lipinski definition) is 6. The second kappa shape index (κ2) is 9.29. The van der Waals surface area contributed by atoms with E-state index in [1.807, 2.05) is 24.4 Å². The number of carbonyl (C=O) groups is 1. The summed E-state index contributed by atoms with van der Waals surface area (Å²) in [5.41, 5.74) is 4.07. The van der Waals surface area contributed by atoms with Crippen molar-refractivity contribution in [2.24, 2.45) is 0 Å². The van der Waals surface area contributed by atoms with Crippen molar-refractivity contribution >= 4 is 17.1 Å². The van der Waals surface area contributed by atoms with E-state index in [0.717, 1.165) is 29.9 Å². The number of hydrogen-bond donors (Lipinski definition) is 2. The first-order valence-electron chi connectivity index (χ1n) is 11.9. The van der Waals surface area contributed by atoms with Gasteiger partial charge < -0.3 is 10.3 Å². The SMILES string of the molecule is O=C(NCc1cc(F)cc(-c2cnn(-c3cccnc3)c2)c1)c1ncnc2nc(C3CCCC3)[nH]c12. The highest BCUT2D eigenvalue weighted by atomic mass is 19.1. The number of aromatic nitrogens is 7. The average molecular weight is 483 g/mol. The molecular formula is C26H23FN8O. The summed E-state index contributed by atoms with van der Waals surface area (Å²) in [4.78, 5) is 33.4. The van der Waals surface area contributed by atoms with Gasteiger partial charge in [0.15, 0.2) is 11.3 Å². The molecule has 180 valence electrons. The van der Waals surface area contributed by atoms with Crippen LogP contribution < -0.4 is 5.32 Å². The lowest BCUT2D eigenvalue weighted by Crippen LogP contribution is -2.24. The van der Waals surface area contributed by atoms with Crippen molar-refractivity contribution in [2.75, 3.05) is 0 Å². The van der Waals surface area contributed by atoms with Gasteiger partial charge in [-0.3, -0.25) is 9.78 Å². The molecular weight excluding hydrogens is 459 g/mol. The van der Waals surface area contributed by atoms with E-state index in [9.17, 15) is 9.18 Å². The topological polar surface area (TPSA) is 114 Å². The minimum Gasteiger partial charge on any atom is -0.347 e. The van der Waals surface area contributed by atoms with E-state index >= 15 is 0 Å². The molecule has 10 heteroatoms. The van der Waals surface area contributed by atoms with Crippen LogP contribution in [0.3, 0.4) is 0 Å². The maximum Gasteiger partial charge on any atom is 0.272 e. The Labute approximate surface area is 205 Å². The largest absolute Gasteiger partial charge is 0.347 e. The Hall–Kier alpha value is -4.47. The highest BCUT2D eigenvalue weighted by Crippen LogP contribution is 2.33. The zero-order valence-electron chi connectivity index (χ0n) is 19.4. The monoisotopic (exact) mass is 482 g/mol. The number of H-pyrrole nitrogens is 1. The van der Waals surface area contributed by atoms with Gasteiger partial charge in [0.05, 0.1) is 18.1 Å². The Morgan fingerprint density at radius 1 is 1.14 bits per heavy atom. The number of imidazole rings is 1. The van der Waals surface area contributed by atoms with Crippen LogP contribution in [0.15, 0.2) is 61.4 Å². The summed E-state index contributed by atoms with van der Waals surface area (Å²) in [7, 11) is 0. The molecule has 4 heterocycles. The molecule has 0 unspecified atom stereocenters. The molecule has 36 heavy (non-hydrogen) atoms. The Kier molecular flexibility index (Phi) is 5.68. The van der Waals surface area contributed by atoms with E-state index in [2.05, 4.69) is 35.3 Å². The normalized spacial score (nSPS) is 13.9. The van der Waals surface area contributed by atoms with Crippen molar-refractivity contribution < 1.29 is 9.18 Å². The van der Waals surface area contributed by atoms with Crippen molar-refractivity contribution in [1.82, 2.24) is 40.0 Å². The number of nitrogens with one attached hydrogen (secondary N) is 2.